The summed E-state index contributed by atoms with van der Waals surface area (Å²) >= 11 is 0. The lowest BCUT2D eigenvalue weighted by Gasteiger charge is -2.34. The van der Waals surface area contributed by atoms with Crippen molar-refractivity contribution in [3.8, 4) is 67.5 Å². The normalized spacial score (nSPS) is 17.5. The number of benzene rings is 6. The van der Waals surface area contributed by atoms with Crippen molar-refractivity contribution in [2.45, 2.75) is 125 Å². The fraction of sp³-hybridized carbons (Fsp3) is 0.311. The molecule has 0 aliphatic carbocycles. The Hall–Kier alpha value is -6.26. The maximum Gasteiger partial charge on any atom is 0.499 e. The number of rotatable bonds is 7. The SMILES string of the molecule is [2H]c1c([2H])c(-c2c([2H])c([2H])[n+]3c(c2[2H])-c2cc(C(C)(C)C)cc4c2C32Oc3c(cc(C(C)C)cc3C(C)C)-c3n(-c5ccc(-c6c(C(C)C)cccc6C([2H])(C)C)cc5C)c5cccc-4c5[n+]32)c([2H])c([2H])c1C. The molecule has 326 valence electrons. The number of ether oxygens (including phenoxy) is 1. The minimum Gasteiger partial charge on any atom is -0.392 e. The highest BCUT2D eigenvalue weighted by Crippen LogP contribution is 2.56. The molecule has 4 heteroatoms. The summed E-state index contributed by atoms with van der Waals surface area (Å²) < 4.78 is 90.1. The average molecular weight is 862 g/mol. The van der Waals surface area contributed by atoms with Crippen molar-refractivity contribution in [3.63, 3.8) is 0 Å². The molecule has 1 unspecified atom stereocenters. The predicted octanol–water partition coefficient (Wildman–Crippen LogP) is 15.2. The van der Waals surface area contributed by atoms with Gasteiger partial charge in [-0.2, -0.15) is 4.57 Å². The first kappa shape index (κ1) is 33.3. The Balaban J connectivity index is 1.34. The molecule has 1 spiro atoms. The highest BCUT2D eigenvalue weighted by molar-refractivity contribution is 5.98. The Morgan fingerprint density at radius 2 is 1.38 bits per heavy atom. The van der Waals surface area contributed by atoms with Crippen LogP contribution in [0.2, 0.25) is 0 Å². The largest absolute Gasteiger partial charge is 0.499 e. The highest BCUT2D eigenvalue weighted by atomic mass is 16.5. The van der Waals surface area contributed by atoms with Crippen molar-refractivity contribution in [2.75, 3.05) is 0 Å². The van der Waals surface area contributed by atoms with E-state index in [1.54, 1.807) is 4.57 Å². The van der Waals surface area contributed by atoms with Crippen molar-refractivity contribution in [1.29, 1.82) is 0 Å². The van der Waals surface area contributed by atoms with Crippen LogP contribution in [-0.2, 0) is 11.3 Å². The van der Waals surface area contributed by atoms with E-state index in [-0.39, 0.29) is 76.2 Å². The Bertz CT molecular complexity index is 3750. The van der Waals surface area contributed by atoms with Crippen LogP contribution in [0.4, 0.5) is 0 Å². The lowest BCUT2D eigenvalue weighted by atomic mass is 9.80. The molecule has 0 N–H and O–H groups in total. The molecular formula is C61H63N3O+2. The van der Waals surface area contributed by atoms with E-state index >= 15 is 0 Å². The van der Waals surface area contributed by atoms with Crippen LogP contribution in [0.5, 0.6) is 5.75 Å². The minimum atomic E-state index is -1.69. The number of fused-ring (bicyclic) bond motifs is 5. The van der Waals surface area contributed by atoms with Crippen LogP contribution in [0.3, 0.4) is 0 Å². The summed E-state index contributed by atoms with van der Waals surface area (Å²) in [4.78, 5) is 0. The molecule has 0 amide bonds. The van der Waals surface area contributed by atoms with E-state index in [0.717, 1.165) is 83.7 Å². The summed E-state index contributed by atoms with van der Waals surface area (Å²) in [6, 6.07) is 26.4. The van der Waals surface area contributed by atoms with Gasteiger partial charge in [-0.1, -0.05) is 142 Å². The molecule has 2 aromatic heterocycles. The zero-order valence-corrected chi connectivity index (χ0v) is 40.0. The second-order valence-electron chi connectivity index (χ2n) is 20.7. The maximum atomic E-state index is 10.3. The van der Waals surface area contributed by atoms with Gasteiger partial charge in [0.05, 0.1) is 13.8 Å². The first-order valence-electron chi connectivity index (χ1n) is 27.3. The van der Waals surface area contributed by atoms with E-state index in [0.29, 0.717) is 17.0 Å². The van der Waals surface area contributed by atoms with Gasteiger partial charge in [-0.15, -0.1) is 9.13 Å². The Morgan fingerprint density at radius 3 is 2.06 bits per heavy atom. The van der Waals surface area contributed by atoms with Gasteiger partial charge in [-0.05, 0) is 141 Å². The molecule has 1 atom stereocenters. The number of hydrogen-bond acceptors (Lipinski definition) is 1. The molecule has 0 radical (unpaired) electrons. The van der Waals surface area contributed by atoms with Gasteiger partial charge in [0.15, 0.2) is 23.0 Å². The molecular weight excluding hydrogens is 791 g/mol. The van der Waals surface area contributed by atoms with Gasteiger partial charge in [0, 0.05) is 24.6 Å². The molecule has 3 aliphatic heterocycles. The van der Waals surface area contributed by atoms with Crippen LogP contribution in [0, 0.1) is 13.8 Å². The van der Waals surface area contributed by atoms with Crippen LogP contribution in [0.25, 0.3) is 72.7 Å². The predicted molar refractivity (Wildman–Crippen MR) is 268 cm³/mol. The van der Waals surface area contributed by atoms with Crippen LogP contribution in [0.15, 0.2) is 121 Å². The summed E-state index contributed by atoms with van der Waals surface area (Å²) in [7, 11) is 0. The van der Waals surface area contributed by atoms with Crippen molar-refractivity contribution < 1.29 is 24.8 Å². The van der Waals surface area contributed by atoms with E-state index in [2.05, 4.69) is 157 Å². The summed E-state index contributed by atoms with van der Waals surface area (Å²) in [5.41, 5.74) is 15.0. The Morgan fingerprint density at radius 1 is 0.677 bits per heavy atom. The monoisotopic (exact) mass is 862 g/mol. The van der Waals surface area contributed by atoms with Crippen molar-refractivity contribution in [2.24, 2.45) is 0 Å². The van der Waals surface area contributed by atoms with E-state index in [1.807, 2.05) is 13.8 Å². The summed E-state index contributed by atoms with van der Waals surface area (Å²) in [6.45, 7) is 27.2. The van der Waals surface area contributed by atoms with Gasteiger partial charge in [-0.3, -0.25) is 0 Å². The standard InChI is InChI=1S/C61H63N3O/c1-34(2)43-29-48(37(7)8)58-51(30-43)59-63(52-25-24-42(28-39(52)10)55-45(35(3)4)16-14-17-46(55)36(5)6)53-19-15-18-47-49-32-44(60(11,12)13)33-50-54-31-41(40-22-20-38(9)21-23-40)26-27-62(54)61(65-58,56(49)50)64(59)57(47)53/h14-37H,1-13H3/q+2/i20D,21D,22D,23D,26D,27D,31D,35D. The number of para-hydroxylation sites is 1. The molecule has 6 aromatic carbocycles. The van der Waals surface area contributed by atoms with Gasteiger partial charge in [0.2, 0.25) is 5.69 Å². The number of aryl methyl sites for hydroxylation is 1. The highest BCUT2D eigenvalue weighted by Gasteiger charge is 2.69. The molecule has 65 heavy (non-hydrogen) atoms. The number of pyridine rings is 1. The summed E-state index contributed by atoms with van der Waals surface area (Å²) in [5, 5.41) is 0. The summed E-state index contributed by atoms with van der Waals surface area (Å²) in [6.07, 6.45) is -0.289. The van der Waals surface area contributed by atoms with Crippen LogP contribution < -0.4 is 13.9 Å². The van der Waals surface area contributed by atoms with Crippen LogP contribution in [0.1, 0.15) is 155 Å². The van der Waals surface area contributed by atoms with Crippen LogP contribution in [-0.4, -0.2) is 4.57 Å². The Labute approximate surface area is 397 Å². The number of hydrogen-bond donors (Lipinski definition) is 0. The van der Waals surface area contributed by atoms with Crippen molar-refractivity contribution in [1.82, 2.24) is 4.57 Å². The van der Waals surface area contributed by atoms with Gasteiger partial charge >= 0.3 is 11.7 Å². The van der Waals surface area contributed by atoms with E-state index in [9.17, 15) is 8.22 Å². The Kier molecular flexibility index (Phi) is 7.35. The van der Waals surface area contributed by atoms with E-state index < -0.39 is 17.8 Å². The summed E-state index contributed by atoms with van der Waals surface area (Å²) in [5.74, 6) is -0.687. The zero-order valence-electron chi connectivity index (χ0n) is 48.0. The molecule has 0 saturated carbocycles. The van der Waals surface area contributed by atoms with Gasteiger partial charge in [-0.25, -0.2) is 0 Å². The first-order chi connectivity index (χ1) is 34.2. The third-order valence-electron chi connectivity index (χ3n) is 14.0. The molecule has 11 rings (SSSR count). The fourth-order valence-corrected chi connectivity index (χ4v) is 10.7. The molecule has 0 fully saturated rings. The molecule has 3 aliphatic rings. The first-order valence-corrected chi connectivity index (χ1v) is 23.3. The third kappa shape index (κ3) is 5.88. The minimum absolute atomic E-state index is 0.0000636. The molecule has 5 heterocycles. The molecule has 8 aromatic rings. The molecule has 0 saturated heterocycles. The van der Waals surface area contributed by atoms with E-state index in [1.165, 1.54) is 12.5 Å². The third-order valence-corrected chi connectivity index (χ3v) is 14.0. The molecule has 0 bridgehead atoms. The number of nitrogens with zero attached hydrogens (tertiary/aromatic N) is 3. The average Bonchev–Trinajstić information content (AvgIpc) is 3.83. The van der Waals surface area contributed by atoms with Gasteiger partial charge in [0.25, 0.3) is 0 Å². The lowest BCUT2D eigenvalue weighted by Crippen LogP contribution is -2.78. The van der Waals surface area contributed by atoms with E-state index in [4.69, 9.17) is 7.48 Å². The fourth-order valence-electron chi connectivity index (χ4n) is 10.7. The lowest BCUT2D eigenvalue weighted by molar-refractivity contribution is -0.997. The van der Waals surface area contributed by atoms with Gasteiger partial charge in [0.1, 0.15) is 18.2 Å². The topological polar surface area (TPSA) is 21.9 Å². The maximum absolute atomic E-state index is 10.3. The number of aromatic nitrogens is 3. The van der Waals surface area contributed by atoms with Gasteiger partial charge < -0.3 is 4.74 Å². The molecule has 4 nitrogen and oxygen atoms in total. The van der Waals surface area contributed by atoms with Crippen molar-refractivity contribution in [3.05, 3.63) is 166 Å². The van der Waals surface area contributed by atoms with Crippen LogP contribution >= 0.6 is 0 Å². The number of imidazole rings is 1. The smallest absolute Gasteiger partial charge is 0.392 e. The quantitative estimate of drug-likeness (QED) is 0.146. The second-order valence-corrected chi connectivity index (χ2v) is 20.7. The second kappa shape index (κ2) is 14.4. The zero-order chi connectivity index (χ0) is 52.6. The van der Waals surface area contributed by atoms with Crippen molar-refractivity contribution >= 4 is 11.0 Å².